The van der Waals surface area contributed by atoms with Crippen LogP contribution in [-0.4, -0.2) is 11.0 Å². The average molecular weight is 325 g/mol. The van der Waals surface area contributed by atoms with Gasteiger partial charge in [-0.15, -0.1) is 0 Å². The average Bonchev–Trinajstić information content (AvgIpc) is 2.79. The number of hydrogen-bond donors (Lipinski definition) is 1. The number of rotatable bonds is 2. The lowest BCUT2D eigenvalue weighted by atomic mass is 10.0. The first-order valence-corrected chi connectivity index (χ1v) is 7.34. The van der Waals surface area contributed by atoms with Crippen LogP contribution >= 0.6 is 39.3 Å². The lowest BCUT2D eigenvalue weighted by Gasteiger charge is -2.19. The van der Waals surface area contributed by atoms with E-state index in [1.807, 2.05) is 11.8 Å². The van der Waals surface area contributed by atoms with Gasteiger partial charge in [-0.2, -0.15) is 11.8 Å². The van der Waals surface area contributed by atoms with E-state index in [1.54, 1.807) is 12.1 Å². The maximum atomic E-state index is 13.9. The molecule has 0 aromatic heterocycles. The Hall–Kier alpha value is 0.230. The lowest BCUT2D eigenvalue weighted by molar-refractivity contribution is 0.564. The molecule has 2 atom stereocenters. The monoisotopic (exact) mass is 323 g/mol. The molecule has 1 aromatic carbocycles. The fourth-order valence-corrected chi connectivity index (χ4v) is 3.69. The first-order chi connectivity index (χ1) is 7.61. The second kappa shape index (κ2) is 5.25. The molecule has 1 aliphatic rings. The fourth-order valence-electron chi connectivity index (χ4n) is 1.88. The number of nitrogens with two attached hydrogens (primary N) is 1. The molecular weight excluding hydrogens is 313 g/mol. The molecule has 0 radical (unpaired) electrons. The zero-order valence-electron chi connectivity index (χ0n) is 8.55. The SMILES string of the molecule is NC(c1ccc(Br)c(Cl)c1F)C1CCCS1. The predicted molar refractivity (Wildman–Crippen MR) is 71.5 cm³/mol. The minimum atomic E-state index is -0.393. The molecule has 1 heterocycles. The summed E-state index contributed by atoms with van der Waals surface area (Å²) in [6.07, 6.45) is 2.22. The number of benzene rings is 1. The van der Waals surface area contributed by atoms with E-state index in [2.05, 4.69) is 15.9 Å². The van der Waals surface area contributed by atoms with Gasteiger partial charge in [0, 0.05) is 21.3 Å². The molecular formula is C11H12BrClFNS. The molecule has 5 heteroatoms. The molecule has 1 aromatic rings. The van der Waals surface area contributed by atoms with E-state index >= 15 is 0 Å². The van der Waals surface area contributed by atoms with Crippen molar-refractivity contribution in [3.63, 3.8) is 0 Å². The van der Waals surface area contributed by atoms with Gasteiger partial charge < -0.3 is 5.73 Å². The smallest absolute Gasteiger partial charge is 0.147 e. The van der Waals surface area contributed by atoms with E-state index in [9.17, 15) is 4.39 Å². The highest BCUT2D eigenvalue weighted by molar-refractivity contribution is 9.10. The van der Waals surface area contributed by atoms with Crippen LogP contribution in [0.4, 0.5) is 4.39 Å². The molecule has 1 fully saturated rings. The summed E-state index contributed by atoms with van der Waals surface area (Å²) in [5.74, 6) is 0.723. The zero-order valence-corrected chi connectivity index (χ0v) is 11.7. The molecule has 0 saturated carbocycles. The normalized spacial score (nSPS) is 22.4. The zero-order chi connectivity index (χ0) is 11.7. The highest BCUT2D eigenvalue weighted by Gasteiger charge is 2.26. The highest BCUT2D eigenvalue weighted by atomic mass is 79.9. The standard InChI is InChI=1S/C11H12BrClFNS/c12-7-4-3-6(10(14)9(7)13)11(15)8-2-1-5-16-8/h3-4,8,11H,1-2,5,15H2. The minimum absolute atomic E-state index is 0.121. The van der Waals surface area contributed by atoms with E-state index < -0.39 is 5.82 Å². The second-order valence-electron chi connectivity index (χ2n) is 3.84. The third-order valence-electron chi connectivity index (χ3n) is 2.79. The van der Waals surface area contributed by atoms with Crippen molar-refractivity contribution in [1.82, 2.24) is 0 Å². The molecule has 0 spiro atoms. The lowest BCUT2D eigenvalue weighted by Crippen LogP contribution is -2.22. The Balaban J connectivity index is 2.29. The number of thioether (sulfide) groups is 1. The van der Waals surface area contributed by atoms with E-state index in [1.165, 1.54) is 0 Å². The maximum Gasteiger partial charge on any atom is 0.147 e. The van der Waals surface area contributed by atoms with Crippen molar-refractivity contribution >= 4 is 39.3 Å². The van der Waals surface area contributed by atoms with Gasteiger partial charge in [0.2, 0.25) is 0 Å². The van der Waals surface area contributed by atoms with Crippen LogP contribution in [0.1, 0.15) is 24.4 Å². The third kappa shape index (κ3) is 2.40. The summed E-state index contributed by atoms with van der Waals surface area (Å²) in [6, 6.07) is 3.20. The molecule has 0 bridgehead atoms. The molecule has 2 N–H and O–H groups in total. The van der Waals surface area contributed by atoms with Gasteiger partial charge in [0.25, 0.3) is 0 Å². The molecule has 0 amide bonds. The van der Waals surface area contributed by atoms with Crippen molar-refractivity contribution in [1.29, 1.82) is 0 Å². The van der Waals surface area contributed by atoms with Crippen LogP contribution in [0.2, 0.25) is 5.02 Å². The van der Waals surface area contributed by atoms with Crippen LogP contribution in [0.3, 0.4) is 0 Å². The summed E-state index contributed by atoms with van der Waals surface area (Å²) in [6.45, 7) is 0. The van der Waals surface area contributed by atoms with E-state index in [4.69, 9.17) is 17.3 Å². The topological polar surface area (TPSA) is 26.0 Å². The highest BCUT2D eigenvalue weighted by Crippen LogP contribution is 2.37. The van der Waals surface area contributed by atoms with Crippen molar-refractivity contribution < 1.29 is 4.39 Å². The number of halogens is 3. The maximum absolute atomic E-state index is 13.9. The summed E-state index contributed by atoms with van der Waals surface area (Å²) < 4.78 is 14.5. The first-order valence-electron chi connectivity index (χ1n) is 5.12. The molecule has 1 aliphatic heterocycles. The molecule has 2 rings (SSSR count). The molecule has 0 aliphatic carbocycles. The van der Waals surface area contributed by atoms with Crippen LogP contribution in [0.5, 0.6) is 0 Å². The van der Waals surface area contributed by atoms with Crippen LogP contribution in [0.15, 0.2) is 16.6 Å². The first kappa shape index (κ1) is 12.7. The molecule has 1 saturated heterocycles. The number of hydrogen-bond acceptors (Lipinski definition) is 2. The van der Waals surface area contributed by atoms with E-state index in [0.717, 1.165) is 18.6 Å². The quantitative estimate of drug-likeness (QED) is 0.828. The largest absolute Gasteiger partial charge is 0.323 e. The van der Waals surface area contributed by atoms with Crippen LogP contribution in [0, 0.1) is 5.82 Å². The van der Waals surface area contributed by atoms with Gasteiger partial charge in [0.05, 0.1) is 5.02 Å². The van der Waals surface area contributed by atoms with Gasteiger partial charge in [0.15, 0.2) is 0 Å². The third-order valence-corrected chi connectivity index (χ3v) is 5.53. The van der Waals surface area contributed by atoms with Crippen LogP contribution in [-0.2, 0) is 0 Å². The summed E-state index contributed by atoms with van der Waals surface area (Å²) in [5, 5.41) is 0.433. The Bertz CT molecular complexity index is 396. The Morgan fingerprint density at radius 1 is 1.56 bits per heavy atom. The predicted octanol–water partition coefficient (Wildman–Crippen LogP) is 4.14. The second-order valence-corrected chi connectivity index (χ2v) is 6.42. The van der Waals surface area contributed by atoms with E-state index in [-0.39, 0.29) is 11.1 Å². The van der Waals surface area contributed by atoms with Gasteiger partial charge in [0.1, 0.15) is 5.82 Å². The van der Waals surface area contributed by atoms with Crippen molar-refractivity contribution in [3.05, 3.63) is 33.0 Å². The molecule has 2 unspecified atom stereocenters. The van der Waals surface area contributed by atoms with Crippen LogP contribution < -0.4 is 5.73 Å². The van der Waals surface area contributed by atoms with Crippen molar-refractivity contribution in [2.45, 2.75) is 24.1 Å². The molecule has 88 valence electrons. The fraction of sp³-hybridized carbons (Fsp3) is 0.455. The minimum Gasteiger partial charge on any atom is -0.323 e. The van der Waals surface area contributed by atoms with Gasteiger partial charge in [-0.05, 0) is 40.6 Å². The van der Waals surface area contributed by atoms with Gasteiger partial charge in [-0.3, -0.25) is 0 Å². The summed E-state index contributed by atoms with van der Waals surface area (Å²) in [5.41, 5.74) is 6.61. The van der Waals surface area contributed by atoms with Crippen molar-refractivity contribution in [2.75, 3.05) is 5.75 Å². The van der Waals surface area contributed by atoms with Gasteiger partial charge in [-0.25, -0.2) is 4.39 Å². The Morgan fingerprint density at radius 2 is 2.31 bits per heavy atom. The Morgan fingerprint density at radius 3 is 2.94 bits per heavy atom. The summed E-state index contributed by atoms with van der Waals surface area (Å²) >= 11 is 10.9. The van der Waals surface area contributed by atoms with Crippen molar-refractivity contribution in [3.8, 4) is 0 Å². The Labute approximate surface area is 112 Å². The van der Waals surface area contributed by atoms with E-state index in [0.29, 0.717) is 15.3 Å². The molecule has 1 nitrogen and oxygen atoms in total. The van der Waals surface area contributed by atoms with Gasteiger partial charge >= 0.3 is 0 Å². The van der Waals surface area contributed by atoms with Crippen molar-refractivity contribution in [2.24, 2.45) is 5.73 Å². The molecule has 16 heavy (non-hydrogen) atoms. The summed E-state index contributed by atoms with van der Waals surface area (Å²) in [4.78, 5) is 0. The Kier molecular flexibility index (Phi) is 4.16. The van der Waals surface area contributed by atoms with Gasteiger partial charge in [-0.1, -0.05) is 17.7 Å². The van der Waals surface area contributed by atoms with Crippen LogP contribution in [0.25, 0.3) is 0 Å². The summed E-state index contributed by atoms with van der Waals surface area (Å²) in [7, 11) is 0.